The van der Waals surface area contributed by atoms with Gasteiger partial charge in [0.05, 0.1) is 0 Å². The monoisotopic (exact) mass is 703 g/mol. The quantitative estimate of drug-likeness (QED) is 0.182. The molecular weight excluding hydrogens is 653 g/mol. The summed E-state index contributed by atoms with van der Waals surface area (Å²) in [7, 11) is 0. The zero-order valence-electron chi connectivity index (χ0n) is 29.8. The van der Waals surface area contributed by atoms with Gasteiger partial charge in [-0.25, -0.2) is 5.57 Å². The number of fused-ring (bicyclic) bond motifs is 3. The van der Waals surface area contributed by atoms with Crippen molar-refractivity contribution in [3.05, 3.63) is 118 Å². The summed E-state index contributed by atoms with van der Waals surface area (Å²) in [6.07, 6.45) is 5.08. The number of rotatable bonds is 2. The molecule has 0 N–H and O–H groups in total. The molecule has 1 unspecified atom stereocenters. The van der Waals surface area contributed by atoms with Gasteiger partial charge in [-0.05, 0) is 17.4 Å². The number of alkyl halides is 3. The van der Waals surface area contributed by atoms with Crippen molar-refractivity contribution in [1.29, 1.82) is 0 Å². The van der Waals surface area contributed by atoms with Gasteiger partial charge in [0, 0.05) is 0 Å². The molecule has 5 rings (SSSR count). The first kappa shape index (κ1) is 39.9. The number of hydrogen-bond acceptors (Lipinski definition) is 0. The Hall–Kier alpha value is -2.32. The summed E-state index contributed by atoms with van der Waals surface area (Å²) in [6.45, 7) is 25.0. The third-order valence-corrected chi connectivity index (χ3v) is 8.23. The molecule has 0 nitrogen and oxygen atoms in total. The minimum atomic E-state index is -4.23. The molecule has 0 fully saturated rings. The Bertz CT molecular complexity index is 1430. The standard InChI is InChI=1S/C21H25.C13H21.C7H4F3.CH2.Zr/c1-20(2,3)16-9-7-14-11-15-8-10-17(21(4,5)6)13-19(15)18(14)12-16;1-6-10-8-11(7-2)12(9-10)13(3,4)5;8-7(9,10)6-4-2-1-3-5-6;;/h7,9-10,12-13H,11H2,1-6H3;9-10H,6-7H2,1-5H3;2-5H;1H2;/q3*-1;;. The third-order valence-electron chi connectivity index (χ3n) is 8.23. The predicted molar refractivity (Wildman–Crippen MR) is 187 cm³/mol. The van der Waals surface area contributed by atoms with Gasteiger partial charge in [-0.2, -0.15) is 84.5 Å². The van der Waals surface area contributed by atoms with E-state index in [4.69, 9.17) is 0 Å². The molecule has 0 heterocycles. The average molecular weight is 705 g/mol. The van der Waals surface area contributed by atoms with Crippen LogP contribution in [0, 0.1) is 29.5 Å². The van der Waals surface area contributed by atoms with E-state index in [1.165, 1.54) is 87.3 Å². The van der Waals surface area contributed by atoms with Crippen molar-refractivity contribution in [1.82, 2.24) is 0 Å². The van der Waals surface area contributed by atoms with Crippen molar-refractivity contribution in [2.45, 2.75) is 112 Å². The number of allylic oxidation sites excluding steroid dienone is 4. The van der Waals surface area contributed by atoms with Crippen LogP contribution in [-0.2, 0) is 47.7 Å². The maximum atomic E-state index is 11.8. The molecule has 2 aliphatic carbocycles. The van der Waals surface area contributed by atoms with Crippen LogP contribution in [0.25, 0.3) is 11.1 Å². The van der Waals surface area contributed by atoms with Crippen molar-refractivity contribution in [2.75, 3.05) is 0 Å². The van der Waals surface area contributed by atoms with Crippen LogP contribution in [0.5, 0.6) is 0 Å². The van der Waals surface area contributed by atoms with E-state index in [1.54, 1.807) is 0 Å². The van der Waals surface area contributed by atoms with Crippen molar-refractivity contribution in [3.63, 3.8) is 0 Å². The topological polar surface area (TPSA) is 0 Å². The number of benzene rings is 3. The molecule has 0 bridgehead atoms. The van der Waals surface area contributed by atoms with Crippen LogP contribution in [0.3, 0.4) is 0 Å². The Morgan fingerprint density at radius 2 is 1.33 bits per heavy atom. The van der Waals surface area contributed by atoms with Gasteiger partial charge in [0.1, 0.15) is 0 Å². The summed E-state index contributed by atoms with van der Waals surface area (Å²) in [5.74, 6) is 0.573. The van der Waals surface area contributed by atoms with Crippen molar-refractivity contribution in [2.24, 2.45) is 11.3 Å². The maximum absolute atomic E-state index is 11.8. The fraction of sp³-hybridized carbons (Fsp3) is 0.452. The molecule has 0 saturated carbocycles. The Labute approximate surface area is 292 Å². The molecule has 0 saturated heterocycles. The molecule has 2 aliphatic rings. The number of halogens is 3. The van der Waals surface area contributed by atoms with E-state index in [9.17, 15) is 13.2 Å². The van der Waals surface area contributed by atoms with Gasteiger partial charge in [0.25, 0.3) is 0 Å². The molecule has 0 aromatic heterocycles. The molecule has 1 atom stereocenters. The van der Waals surface area contributed by atoms with Crippen LogP contribution >= 0.6 is 0 Å². The first-order valence-electron chi connectivity index (χ1n) is 16.2. The SMILES string of the molecule is CC(C)(C)c1c[c-]c2c(c1)-c1cc(C(C)(C)C)ccc1C2.CCC1=[C-]C(CC)C=C1C(C)(C)C.FC(F)(F)c1cc[c-]cc1.[CH2]=[Zr]. The van der Waals surface area contributed by atoms with Crippen LogP contribution in [0.1, 0.15) is 117 Å². The Kier molecular flexibility index (Phi) is 14.0. The Morgan fingerprint density at radius 3 is 1.76 bits per heavy atom. The van der Waals surface area contributed by atoms with Gasteiger partial charge in [-0.3, -0.25) is 6.08 Å². The van der Waals surface area contributed by atoms with E-state index < -0.39 is 11.7 Å². The molecule has 0 spiro atoms. The summed E-state index contributed by atoms with van der Waals surface area (Å²) < 4.78 is 38.7. The fourth-order valence-corrected chi connectivity index (χ4v) is 5.42. The summed E-state index contributed by atoms with van der Waals surface area (Å²) in [5.41, 5.74) is 11.4. The van der Waals surface area contributed by atoms with Gasteiger partial charge >= 0.3 is 34.6 Å². The van der Waals surface area contributed by atoms with E-state index in [2.05, 4.69) is 135 Å². The molecule has 3 aromatic rings. The zero-order valence-corrected chi connectivity index (χ0v) is 32.3. The van der Waals surface area contributed by atoms with Crippen molar-refractivity contribution >= 4 is 4.21 Å². The van der Waals surface area contributed by atoms with Crippen molar-refractivity contribution in [3.8, 4) is 11.1 Å². The fourth-order valence-electron chi connectivity index (χ4n) is 5.42. The molecule has 0 radical (unpaired) electrons. The van der Waals surface area contributed by atoms with E-state index in [1.807, 2.05) is 0 Å². The predicted octanol–water partition coefficient (Wildman–Crippen LogP) is 12.3. The minimum absolute atomic E-state index is 0.177. The Balaban J connectivity index is 0.000000253. The van der Waals surface area contributed by atoms with Crippen LogP contribution in [0.4, 0.5) is 13.2 Å². The third kappa shape index (κ3) is 10.9. The van der Waals surface area contributed by atoms with Gasteiger partial charge in [0.2, 0.25) is 0 Å². The molecule has 4 heteroatoms. The van der Waals surface area contributed by atoms with Gasteiger partial charge in [-0.1, -0.05) is 141 Å². The van der Waals surface area contributed by atoms with Gasteiger partial charge < -0.3 is 0 Å². The van der Waals surface area contributed by atoms with Crippen LogP contribution < -0.4 is 0 Å². The van der Waals surface area contributed by atoms with Crippen LogP contribution in [0.2, 0.25) is 0 Å². The summed E-state index contributed by atoms with van der Waals surface area (Å²) in [6, 6.07) is 22.0. The Morgan fingerprint density at radius 1 is 0.761 bits per heavy atom. The second-order valence-electron chi connectivity index (χ2n) is 14.9. The first-order chi connectivity index (χ1) is 21.3. The van der Waals surface area contributed by atoms with Crippen molar-refractivity contribution < 1.29 is 37.4 Å². The first-order valence-corrected chi connectivity index (χ1v) is 17.9. The summed E-state index contributed by atoms with van der Waals surface area (Å²) in [4.78, 5) is 0. The van der Waals surface area contributed by atoms with Gasteiger partial charge in [-0.15, -0.1) is 5.56 Å². The molecule has 0 amide bonds. The number of hydrogen-bond donors (Lipinski definition) is 0. The van der Waals surface area contributed by atoms with Crippen LogP contribution in [0.15, 0.2) is 71.8 Å². The second-order valence-corrected chi connectivity index (χ2v) is 14.9. The van der Waals surface area contributed by atoms with Gasteiger partial charge in [0.15, 0.2) is 0 Å². The molecule has 3 aromatic carbocycles. The molecule has 248 valence electrons. The van der Waals surface area contributed by atoms with E-state index in [-0.39, 0.29) is 10.8 Å². The molecule has 46 heavy (non-hydrogen) atoms. The summed E-state index contributed by atoms with van der Waals surface area (Å²) >= 11 is 1.30. The zero-order chi connectivity index (χ0) is 35.1. The second kappa shape index (κ2) is 16.2. The van der Waals surface area contributed by atoms with Crippen LogP contribution in [-0.4, -0.2) is 4.21 Å². The average Bonchev–Trinajstić information content (AvgIpc) is 3.59. The molecule has 0 aliphatic heterocycles. The summed E-state index contributed by atoms with van der Waals surface area (Å²) in [5, 5.41) is 0. The van der Waals surface area contributed by atoms with E-state index in [0.717, 1.165) is 25.0 Å². The normalized spacial score (nSPS) is 15.5. The van der Waals surface area contributed by atoms with E-state index in [0.29, 0.717) is 11.3 Å². The van der Waals surface area contributed by atoms with E-state index >= 15 is 0 Å². The molecular formula is C42H52F3Zr-3.